The number of hydrogen-bond donors (Lipinski definition) is 1. The lowest BCUT2D eigenvalue weighted by Gasteiger charge is -2.31. The number of nitrogens with zero attached hydrogens (tertiary/aromatic N) is 2. The molecular weight excluding hydrogens is 390 g/mol. The summed E-state index contributed by atoms with van der Waals surface area (Å²) in [4.78, 5) is 18.0. The molecular formula is C15H19BrF2N2O2S. The number of aromatic nitrogens is 1. The summed E-state index contributed by atoms with van der Waals surface area (Å²) in [5.74, 6) is -3.84. The Kier molecular flexibility index (Phi) is 4.92. The molecule has 3 rings (SSSR count). The number of anilines is 1. The molecule has 1 aromatic heterocycles. The molecule has 0 aromatic carbocycles. The van der Waals surface area contributed by atoms with Crippen molar-refractivity contribution in [3.63, 3.8) is 0 Å². The minimum atomic E-state index is -2.58. The molecule has 1 saturated carbocycles. The van der Waals surface area contributed by atoms with Crippen LogP contribution in [-0.2, 0) is 4.79 Å². The lowest BCUT2D eigenvalue weighted by atomic mass is 9.78. The number of carbonyl (C=O) groups is 1. The van der Waals surface area contributed by atoms with Crippen molar-refractivity contribution in [3.8, 4) is 0 Å². The average molecular weight is 409 g/mol. The van der Waals surface area contributed by atoms with Gasteiger partial charge in [0.15, 0.2) is 5.13 Å². The molecule has 0 spiro atoms. The molecule has 1 N–H and O–H groups in total. The number of carboxylic acids is 1. The van der Waals surface area contributed by atoms with Gasteiger partial charge in [-0.1, -0.05) is 24.2 Å². The standard InChI is InChI=1S/C15H19BrF2N2O2S/c16-12-11(9-3-1-2-4-10(9)13(21)22)19-14(23-12)20-7-5-15(17,18)6-8-20/h9-10H,1-8H2,(H,21,22). The van der Waals surface area contributed by atoms with Crippen molar-refractivity contribution < 1.29 is 18.7 Å². The Balaban J connectivity index is 1.79. The molecule has 0 bridgehead atoms. The Hall–Kier alpha value is -0.760. The van der Waals surface area contributed by atoms with E-state index in [4.69, 9.17) is 0 Å². The molecule has 2 unspecified atom stereocenters. The van der Waals surface area contributed by atoms with Crippen LogP contribution in [0.25, 0.3) is 0 Å². The van der Waals surface area contributed by atoms with Crippen LogP contribution in [0.3, 0.4) is 0 Å². The van der Waals surface area contributed by atoms with Crippen molar-refractivity contribution >= 4 is 38.4 Å². The monoisotopic (exact) mass is 408 g/mol. The molecule has 2 heterocycles. The molecule has 2 aliphatic rings. The number of thiazole rings is 1. The normalized spacial score (nSPS) is 27.9. The summed E-state index contributed by atoms with van der Waals surface area (Å²) in [5, 5.41) is 10.2. The summed E-state index contributed by atoms with van der Waals surface area (Å²) in [7, 11) is 0. The molecule has 1 aromatic rings. The maximum absolute atomic E-state index is 13.3. The Morgan fingerprint density at radius 2 is 1.96 bits per heavy atom. The Morgan fingerprint density at radius 1 is 1.30 bits per heavy atom. The molecule has 0 radical (unpaired) electrons. The summed E-state index contributed by atoms with van der Waals surface area (Å²) >= 11 is 4.93. The van der Waals surface area contributed by atoms with Crippen molar-refractivity contribution in [2.24, 2.45) is 5.92 Å². The molecule has 1 aliphatic heterocycles. The molecule has 4 nitrogen and oxygen atoms in total. The second kappa shape index (κ2) is 6.63. The van der Waals surface area contributed by atoms with Crippen molar-refractivity contribution in [2.45, 2.75) is 50.4 Å². The molecule has 1 saturated heterocycles. The van der Waals surface area contributed by atoms with Crippen molar-refractivity contribution in [3.05, 3.63) is 9.48 Å². The molecule has 1 aliphatic carbocycles. The van der Waals surface area contributed by atoms with Gasteiger partial charge in [0.1, 0.15) is 0 Å². The third-order valence-corrected chi connectivity index (χ3v) is 6.61. The molecule has 2 atom stereocenters. The quantitative estimate of drug-likeness (QED) is 0.799. The number of alkyl halides is 2. The first-order chi connectivity index (χ1) is 10.9. The van der Waals surface area contributed by atoms with Crippen LogP contribution in [0, 0.1) is 5.92 Å². The first kappa shape index (κ1) is 17.1. The largest absolute Gasteiger partial charge is 0.481 e. The SMILES string of the molecule is O=C(O)C1CCCCC1c1nc(N2CCC(F)(F)CC2)sc1Br. The van der Waals surface area contributed by atoms with Gasteiger partial charge in [-0.05, 0) is 28.8 Å². The zero-order valence-corrected chi connectivity index (χ0v) is 15.0. The third-order valence-electron chi connectivity index (χ3n) is 4.80. The van der Waals surface area contributed by atoms with Gasteiger partial charge in [-0.15, -0.1) is 0 Å². The minimum Gasteiger partial charge on any atom is -0.481 e. The molecule has 8 heteroatoms. The number of piperidine rings is 1. The number of rotatable bonds is 3. The fourth-order valence-corrected chi connectivity index (χ4v) is 5.18. The second-order valence-electron chi connectivity index (χ2n) is 6.33. The van der Waals surface area contributed by atoms with Gasteiger partial charge in [-0.3, -0.25) is 4.79 Å². The van der Waals surface area contributed by atoms with Gasteiger partial charge in [-0.2, -0.15) is 0 Å². The lowest BCUT2D eigenvalue weighted by Crippen LogP contribution is -2.39. The number of carboxylic acid groups (broad SMARTS) is 1. The fourth-order valence-electron chi connectivity index (χ4n) is 3.45. The van der Waals surface area contributed by atoms with E-state index < -0.39 is 17.8 Å². The zero-order valence-electron chi connectivity index (χ0n) is 12.6. The predicted molar refractivity (Wildman–Crippen MR) is 88.5 cm³/mol. The van der Waals surface area contributed by atoms with Crippen LogP contribution in [-0.4, -0.2) is 35.1 Å². The fraction of sp³-hybridized carbons (Fsp3) is 0.733. The Labute approximate surface area is 146 Å². The summed E-state index contributed by atoms with van der Waals surface area (Å²) < 4.78 is 27.4. The zero-order chi connectivity index (χ0) is 16.6. The van der Waals surface area contributed by atoms with Crippen LogP contribution >= 0.6 is 27.3 Å². The Bertz CT molecular complexity index is 586. The number of aliphatic carboxylic acids is 1. The second-order valence-corrected chi connectivity index (χ2v) is 8.63. The topological polar surface area (TPSA) is 53.4 Å². The summed E-state index contributed by atoms with van der Waals surface area (Å²) in [6.45, 7) is 0.582. The summed E-state index contributed by atoms with van der Waals surface area (Å²) in [6, 6.07) is 0. The molecule has 0 amide bonds. The van der Waals surface area contributed by atoms with Gasteiger partial charge >= 0.3 is 5.97 Å². The highest BCUT2D eigenvalue weighted by Gasteiger charge is 2.37. The van der Waals surface area contributed by atoms with Gasteiger partial charge in [0, 0.05) is 31.8 Å². The number of halogens is 3. The maximum atomic E-state index is 13.3. The van der Waals surface area contributed by atoms with Crippen LogP contribution < -0.4 is 4.90 Å². The first-order valence-electron chi connectivity index (χ1n) is 7.89. The molecule has 23 heavy (non-hydrogen) atoms. The van der Waals surface area contributed by atoms with Gasteiger partial charge in [0.25, 0.3) is 5.92 Å². The van der Waals surface area contributed by atoms with E-state index in [2.05, 4.69) is 20.9 Å². The van der Waals surface area contributed by atoms with Crippen LogP contribution in [0.2, 0.25) is 0 Å². The molecule has 128 valence electrons. The van der Waals surface area contributed by atoms with Gasteiger partial charge in [-0.25, -0.2) is 13.8 Å². The van der Waals surface area contributed by atoms with Crippen LogP contribution in [0.5, 0.6) is 0 Å². The maximum Gasteiger partial charge on any atom is 0.307 e. The highest BCUT2D eigenvalue weighted by molar-refractivity contribution is 9.11. The van der Waals surface area contributed by atoms with Gasteiger partial charge in [0.2, 0.25) is 0 Å². The van der Waals surface area contributed by atoms with Crippen molar-refractivity contribution in [1.82, 2.24) is 4.98 Å². The van der Waals surface area contributed by atoms with E-state index >= 15 is 0 Å². The molecule has 2 fully saturated rings. The van der Waals surface area contributed by atoms with Gasteiger partial charge < -0.3 is 10.0 Å². The van der Waals surface area contributed by atoms with Crippen molar-refractivity contribution in [2.75, 3.05) is 18.0 Å². The van der Waals surface area contributed by atoms with E-state index in [9.17, 15) is 18.7 Å². The highest BCUT2D eigenvalue weighted by atomic mass is 79.9. The first-order valence-corrected chi connectivity index (χ1v) is 9.50. The van der Waals surface area contributed by atoms with Gasteiger partial charge in [0.05, 0.1) is 15.4 Å². The summed E-state index contributed by atoms with van der Waals surface area (Å²) in [5.41, 5.74) is 0.787. The van der Waals surface area contributed by atoms with E-state index in [1.54, 1.807) is 0 Å². The highest BCUT2D eigenvalue weighted by Crippen LogP contribution is 2.44. The van der Waals surface area contributed by atoms with E-state index in [1.807, 2.05) is 4.90 Å². The predicted octanol–water partition coefficient (Wildman–Crippen LogP) is 4.50. The number of hydrogen-bond acceptors (Lipinski definition) is 4. The van der Waals surface area contributed by atoms with E-state index in [1.165, 1.54) is 11.3 Å². The lowest BCUT2D eigenvalue weighted by molar-refractivity contribution is -0.143. The average Bonchev–Trinajstić information content (AvgIpc) is 2.89. The Morgan fingerprint density at radius 3 is 2.61 bits per heavy atom. The van der Waals surface area contributed by atoms with Crippen LogP contribution in [0.1, 0.15) is 50.1 Å². The van der Waals surface area contributed by atoms with Crippen LogP contribution in [0.15, 0.2) is 3.79 Å². The van der Waals surface area contributed by atoms with E-state index in [0.717, 1.165) is 33.9 Å². The van der Waals surface area contributed by atoms with E-state index in [-0.39, 0.29) is 18.8 Å². The van der Waals surface area contributed by atoms with E-state index in [0.29, 0.717) is 19.5 Å². The smallest absolute Gasteiger partial charge is 0.307 e. The van der Waals surface area contributed by atoms with Crippen molar-refractivity contribution in [1.29, 1.82) is 0 Å². The summed E-state index contributed by atoms with van der Waals surface area (Å²) in [6.07, 6.45) is 3.13. The third kappa shape index (κ3) is 3.68. The minimum absolute atomic E-state index is 0.0909. The van der Waals surface area contributed by atoms with Crippen LogP contribution in [0.4, 0.5) is 13.9 Å².